The molecule has 1 saturated heterocycles. The molecule has 0 spiro atoms. The number of anilines is 1. The molecule has 45 heavy (non-hydrogen) atoms. The van der Waals surface area contributed by atoms with Crippen LogP contribution in [0.1, 0.15) is 26.0 Å². The molecule has 1 fully saturated rings. The van der Waals surface area contributed by atoms with Gasteiger partial charge in [-0.1, -0.05) is 6.92 Å². The highest BCUT2D eigenvalue weighted by Gasteiger charge is 2.45. The maximum atomic E-state index is 14.2. The molecule has 2 aromatic rings. The molecule has 0 radical (unpaired) electrons. The molecule has 250 valence electrons. The minimum atomic E-state index is -4.62. The van der Waals surface area contributed by atoms with Gasteiger partial charge in [0.25, 0.3) is 0 Å². The highest BCUT2D eigenvalue weighted by Crippen LogP contribution is 2.43. The third kappa shape index (κ3) is 8.41. The van der Waals surface area contributed by atoms with Crippen LogP contribution in [0.4, 0.5) is 5.95 Å². The van der Waals surface area contributed by atoms with E-state index in [1.807, 2.05) is 0 Å². The summed E-state index contributed by atoms with van der Waals surface area (Å²) >= 11 is 0. The Hall–Kier alpha value is -3.94. The molecule has 6 atom stereocenters. The summed E-state index contributed by atoms with van der Waals surface area (Å²) in [6.07, 6.45) is -3.13. The van der Waals surface area contributed by atoms with Gasteiger partial charge < -0.3 is 43.8 Å². The number of rotatable bonds is 15. The molecular weight excluding hydrogens is 625 g/mol. The summed E-state index contributed by atoms with van der Waals surface area (Å²) in [5.41, 5.74) is 6.35. The first-order valence-corrected chi connectivity index (χ1v) is 14.9. The average molecular weight is 662 g/mol. The summed E-state index contributed by atoms with van der Waals surface area (Å²) in [6, 6.07) is -3.20. The van der Waals surface area contributed by atoms with Gasteiger partial charge >= 0.3 is 31.5 Å². The van der Waals surface area contributed by atoms with E-state index in [4.69, 9.17) is 29.2 Å². The largest absolute Gasteiger partial charge is 0.479 e. The Kier molecular flexibility index (Phi) is 12.1. The van der Waals surface area contributed by atoms with Crippen LogP contribution in [0.3, 0.4) is 0 Å². The molecule has 0 unspecified atom stereocenters. The number of nitrogens with two attached hydrogens (primary N) is 1. The number of nitrogen functional groups attached to an aromatic ring is 1. The minimum absolute atomic E-state index is 0.0931. The zero-order valence-electron chi connectivity index (χ0n) is 25.3. The van der Waals surface area contributed by atoms with Crippen molar-refractivity contribution in [1.82, 2.24) is 29.7 Å². The Morgan fingerprint density at radius 1 is 1.00 bits per heavy atom. The van der Waals surface area contributed by atoms with Crippen LogP contribution in [0.2, 0.25) is 0 Å². The van der Waals surface area contributed by atoms with E-state index in [-0.39, 0.29) is 23.0 Å². The van der Waals surface area contributed by atoms with Crippen LogP contribution in [0, 0.1) is 5.92 Å². The summed E-state index contributed by atoms with van der Waals surface area (Å²) < 4.78 is 51.2. The quantitative estimate of drug-likeness (QED) is 0.0994. The predicted octanol–water partition coefficient (Wildman–Crippen LogP) is -1.18. The number of esters is 4. The van der Waals surface area contributed by atoms with Gasteiger partial charge in [0.15, 0.2) is 11.2 Å². The van der Waals surface area contributed by atoms with Crippen molar-refractivity contribution >= 4 is 48.7 Å². The molecule has 3 heterocycles. The summed E-state index contributed by atoms with van der Waals surface area (Å²) in [7, 11) is 0.977. The lowest BCUT2D eigenvalue weighted by atomic mass is 10.0. The zero-order chi connectivity index (χ0) is 33.5. The van der Waals surface area contributed by atoms with Gasteiger partial charge in [-0.15, -0.1) is 0 Å². The van der Waals surface area contributed by atoms with Crippen LogP contribution >= 0.6 is 7.67 Å². The molecule has 20 nitrogen and oxygen atoms in total. The van der Waals surface area contributed by atoms with Crippen molar-refractivity contribution in [2.75, 3.05) is 47.9 Å². The molecule has 0 amide bonds. The highest BCUT2D eigenvalue weighted by atomic mass is 31.2. The summed E-state index contributed by atoms with van der Waals surface area (Å²) in [6.45, 7) is 1.08. The van der Waals surface area contributed by atoms with Gasteiger partial charge in [0, 0.05) is 5.92 Å². The predicted molar refractivity (Wildman–Crippen MR) is 150 cm³/mol. The third-order valence-electron chi connectivity index (χ3n) is 6.80. The fourth-order valence-electron chi connectivity index (χ4n) is 4.43. The molecule has 1 aliphatic heterocycles. The number of imidazole rings is 1. The van der Waals surface area contributed by atoms with Gasteiger partial charge in [-0.25, -0.2) is 15.2 Å². The zero-order valence-corrected chi connectivity index (χ0v) is 26.2. The minimum Gasteiger partial charge on any atom is -0.479 e. The normalized spacial score (nSPS) is 21.1. The number of aromatic nitrogens is 4. The number of aliphatic hydroxyl groups is 1. The Bertz CT molecular complexity index is 1400. The first-order chi connectivity index (χ1) is 21.3. The first kappa shape index (κ1) is 35.5. The van der Waals surface area contributed by atoms with E-state index in [9.17, 15) is 28.8 Å². The van der Waals surface area contributed by atoms with Crippen molar-refractivity contribution in [3.8, 4) is 5.88 Å². The average Bonchev–Trinajstić information content (AvgIpc) is 3.57. The van der Waals surface area contributed by atoms with Gasteiger partial charge in [-0.05, 0) is 0 Å². The summed E-state index contributed by atoms with van der Waals surface area (Å²) in [5, 5.41) is 15.8. The number of methoxy groups -OCH3 is 5. The van der Waals surface area contributed by atoms with Gasteiger partial charge in [0.05, 0.1) is 67.4 Å². The van der Waals surface area contributed by atoms with E-state index in [0.717, 1.165) is 28.4 Å². The van der Waals surface area contributed by atoms with Crippen LogP contribution in [0.15, 0.2) is 6.33 Å². The number of fused-ring (bicyclic) bond motifs is 1. The highest BCUT2D eigenvalue weighted by molar-refractivity contribution is 7.54. The summed E-state index contributed by atoms with van der Waals surface area (Å²) in [5.74, 6) is -4.37. The van der Waals surface area contributed by atoms with Gasteiger partial charge in [-0.3, -0.25) is 28.3 Å². The molecule has 5 N–H and O–H groups in total. The molecule has 3 rings (SSSR count). The SMILES string of the molecule is COC(=O)C[C@H](NP(=O)(N[C@@H](CC(=O)OC)C(=O)OC)OC[C@H]1O[C@@H](n2cnc3c(OC)nc(N)nc32)[C@@H](C)[C@@H]1O)C(=O)OC. The van der Waals surface area contributed by atoms with Gasteiger partial charge in [0.1, 0.15) is 24.4 Å². The summed E-state index contributed by atoms with van der Waals surface area (Å²) in [4.78, 5) is 61.4. The number of nitrogens with zero attached hydrogens (tertiary/aromatic N) is 4. The Morgan fingerprint density at radius 3 is 2.04 bits per heavy atom. The molecule has 0 aromatic carbocycles. The van der Waals surface area contributed by atoms with Crippen molar-refractivity contribution in [3.05, 3.63) is 6.33 Å². The topological polar surface area (TPSA) is 264 Å². The lowest BCUT2D eigenvalue weighted by Gasteiger charge is -2.28. The lowest BCUT2D eigenvalue weighted by Crippen LogP contribution is -2.46. The monoisotopic (exact) mass is 661 g/mol. The van der Waals surface area contributed by atoms with Gasteiger partial charge in [0.2, 0.25) is 11.8 Å². The maximum Gasteiger partial charge on any atom is 0.342 e. The van der Waals surface area contributed by atoms with Crippen LogP contribution < -0.4 is 20.6 Å². The Balaban J connectivity index is 1.91. The van der Waals surface area contributed by atoms with Crippen molar-refractivity contribution in [2.45, 2.75) is 50.3 Å². The van der Waals surface area contributed by atoms with Crippen molar-refractivity contribution in [1.29, 1.82) is 0 Å². The van der Waals surface area contributed by atoms with E-state index in [2.05, 4.69) is 34.6 Å². The van der Waals surface area contributed by atoms with Crippen LogP contribution in [0.5, 0.6) is 5.88 Å². The van der Waals surface area contributed by atoms with Crippen LogP contribution in [-0.2, 0) is 52.0 Å². The Labute approximate surface area is 256 Å². The second-order valence-electron chi connectivity index (χ2n) is 9.65. The molecule has 2 aromatic heterocycles. The van der Waals surface area contributed by atoms with Crippen molar-refractivity contribution < 1.29 is 61.8 Å². The third-order valence-corrected chi connectivity index (χ3v) is 8.61. The maximum absolute atomic E-state index is 14.2. The number of ether oxygens (including phenoxy) is 6. The van der Waals surface area contributed by atoms with Crippen molar-refractivity contribution in [2.24, 2.45) is 5.92 Å². The fourth-order valence-corrected chi connectivity index (χ4v) is 6.23. The lowest BCUT2D eigenvalue weighted by molar-refractivity contribution is -0.149. The van der Waals surface area contributed by atoms with E-state index in [0.29, 0.717) is 0 Å². The molecule has 0 aliphatic carbocycles. The van der Waals surface area contributed by atoms with Gasteiger partial charge in [-0.2, -0.15) is 9.97 Å². The number of hydrogen-bond acceptors (Lipinski definition) is 17. The number of hydrogen-bond donors (Lipinski definition) is 4. The molecule has 0 saturated carbocycles. The smallest absolute Gasteiger partial charge is 0.342 e. The van der Waals surface area contributed by atoms with E-state index in [1.165, 1.54) is 18.0 Å². The standard InChI is InChI=1S/C24H36N7O13P/c1-11-18(34)14(44-21(11)31-10-26-17-19(31)27-24(25)28-20(17)40-4)9-43-45(37,29-12(22(35)41-5)7-15(32)38-2)30-13(23(36)42-6)8-16(33)39-3/h10-14,18,21,34H,7-9H2,1-6H3,(H2,25,27,28)(H2,29,30,37)/t11-,12-,13-,14+,18-,21+/m0/s1. The van der Waals surface area contributed by atoms with E-state index < -0.39 is 87.4 Å². The van der Waals surface area contributed by atoms with Crippen LogP contribution in [-0.4, -0.2) is 115 Å². The van der Waals surface area contributed by atoms with E-state index >= 15 is 0 Å². The second-order valence-corrected chi connectivity index (χ2v) is 11.5. The molecule has 21 heteroatoms. The molecule has 1 aliphatic rings. The number of aliphatic hydroxyl groups excluding tert-OH is 1. The molecule has 0 bridgehead atoms. The number of carbonyl (C=O) groups is 4. The van der Waals surface area contributed by atoms with Crippen LogP contribution in [0.25, 0.3) is 11.2 Å². The number of nitrogens with one attached hydrogen (secondary N) is 2. The molecular formula is C24H36N7O13P. The second kappa shape index (κ2) is 15.4. The van der Waals surface area contributed by atoms with E-state index in [1.54, 1.807) is 6.92 Å². The first-order valence-electron chi connectivity index (χ1n) is 13.3. The number of carbonyl (C=O) groups excluding carboxylic acids is 4. The fraction of sp³-hybridized carbons (Fsp3) is 0.625. The Morgan fingerprint density at radius 2 is 1.56 bits per heavy atom. The van der Waals surface area contributed by atoms with Crippen molar-refractivity contribution in [3.63, 3.8) is 0 Å².